The molecule has 0 atom stereocenters. The first-order valence-electron chi connectivity index (χ1n) is 11.2. The van der Waals surface area contributed by atoms with E-state index in [0.29, 0.717) is 6.73 Å². The van der Waals surface area contributed by atoms with Crippen molar-refractivity contribution in [2.45, 2.75) is 58.1 Å². The number of aliphatic carboxylic acids is 1. The maximum Gasteiger partial charge on any atom is 0.330 e. The van der Waals surface area contributed by atoms with Crippen LogP contribution >= 0.6 is 0 Å². The topological polar surface area (TPSA) is 95.1 Å². The molecule has 0 amide bonds. The van der Waals surface area contributed by atoms with Crippen molar-refractivity contribution in [2.24, 2.45) is 5.92 Å². The molecule has 1 aliphatic rings. The van der Waals surface area contributed by atoms with Gasteiger partial charge in [0.1, 0.15) is 18.7 Å². The molecule has 0 saturated heterocycles. The molecule has 32 heavy (non-hydrogen) atoms. The monoisotopic (exact) mass is 453 g/mol. The Bertz CT molecular complexity index is 1120. The van der Waals surface area contributed by atoms with Gasteiger partial charge in [0.2, 0.25) is 0 Å². The molecule has 0 bridgehead atoms. The van der Waals surface area contributed by atoms with Crippen LogP contribution in [0.25, 0.3) is 28.0 Å². The number of hydrogen-bond acceptors (Lipinski definition) is 5. The number of carboxylic acids is 1. The van der Waals surface area contributed by atoms with E-state index in [-0.39, 0.29) is 5.92 Å². The second kappa shape index (κ2) is 9.38. The van der Waals surface area contributed by atoms with Crippen molar-refractivity contribution in [1.82, 2.24) is 24.3 Å². The maximum absolute atomic E-state index is 11.4. The molecule has 1 N–H and O–H groups in total. The van der Waals surface area contributed by atoms with Crippen LogP contribution in [0.2, 0.25) is 25.7 Å². The molecule has 3 aromatic rings. The van der Waals surface area contributed by atoms with Crippen molar-refractivity contribution < 1.29 is 14.6 Å². The lowest BCUT2D eigenvalue weighted by Crippen LogP contribution is -2.22. The quantitative estimate of drug-likeness (QED) is 0.286. The summed E-state index contributed by atoms with van der Waals surface area (Å²) < 4.78 is 9.58. The van der Waals surface area contributed by atoms with Crippen molar-refractivity contribution in [3.05, 3.63) is 37.1 Å². The van der Waals surface area contributed by atoms with Crippen molar-refractivity contribution >= 4 is 30.8 Å². The van der Waals surface area contributed by atoms with Crippen molar-refractivity contribution in [2.75, 3.05) is 6.61 Å². The molecule has 1 saturated carbocycles. The van der Waals surface area contributed by atoms with Gasteiger partial charge in [0, 0.05) is 50.0 Å². The van der Waals surface area contributed by atoms with Crippen LogP contribution in [-0.4, -0.2) is 50.1 Å². The SMILES string of the molecule is C[Si](C)(C)CCOCn1ccc2c(-c3cnn(C(=CC(=O)O)C4CCCC4)c3)ncnc21. The highest BCUT2D eigenvalue weighted by Gasteiger charge is 2.23. The Hall–Kier alpha value is -2.78. The van der Waals surface area contributed by atoms with Crippen molar-refractivity contribution in [3.63, 3.8) is 0 Å². The smallest absolute Gasteiger partial charge is 0.330 e. The lowest BCUT2D eigenvalue weighted by atomic mass is 10.0. The van der Waals surface area contributed by atoms with Gasteiger partial charge in [-0.2, -0.15) is 5.10 Å². The molecule has 9 heteroatoms. The Labute approximate surface area is 188 Å². The highest BCUT2D eigenvalue weighted by atomic mass is 28.3. The van der Waals surface area contributed by atoms with E-state index in [1.165, 1.54) is 6.08 Å². The molecular formula is C23H31N5O3Si. The fraction of sp³-hybridized carbons (Fsp3) is 0.478. The summed E-state index contributed by atoms with van der Waals surface area (Å²) in [6, 6.07) is 3.12. The zero-order chi connectivity index (χ0) is 22.7. The van der Waals surface area contributed by atoms with Crippen molar-refractivity contribution in [3.8, 4) is 11.3 Å². The van der Waals surface area contributed by atoms with E-state index in [1.54, 1.807) is 17.2 Å². The van der Waals surface area contributed by atoms with Gasteiger partial charge in [0.05, 0.1) is 17.6 Å². The summed E-state index contributed by atoms with van der Waals surface area (Å²) in [6.07, 6.45) is 12.7. The Morgan fingerprint density at radius 3 is 2.78 bits per heavy atom. The summed E-state index contributed by atoms with van der Waals surface area (Å²) in [7, 11) is -1.12. The van der Waals surface area contributed by atoms with E-state index in [4.69, 9.17) is 4.74 Å². The van der Waals surface area contributed by atoms with Crippen LogP contribution < -0.4 is 0 Å². The summed E-state index contributed by atoms with van der Waals surface area (Å²) in [5.41, 5.74) is 3.17. The minimum atomic E-state index is -1.12. The third-order valence-corrected chi connectivity index (χ3v) is 7.65. The van der Waals surface area contributed by atoms with Crippen LogP contribution in [0.4, 0.5) is 0 Å². The van der Waals surface area contributed by atoms with Crippen LogP contribution in [0.15, 0.2) is 37.1 Å². The molecule has 3 aromatic heterocycles. The highest BCUT2D eigenvalue weighted by Crippen LogP contribution is 2.34. The van der Waals surface area contributed by atoms with Crippen LogP contribution in [0, 0.1) is 5.92 Å². The minimum absolute atomic E-state index is 0.221. The van der Waals surface area contributed by atoms with Gasteiger partial charge < -0.3 is 14.4 Å². The standard InChI is InChI=1S/C23H31N5O3Si/c1-32(2,3)11-10-31-16-27-9-8-19-22(24-15-25-23(19)27)18-13-26-28(14-18)20(12-21(29)30)17-6-4-5-7-17/h8-9,12-15,17H,4-7,10-11,16H2,1-3H3,(H,29,30). The third kappa shape index (κ3) is 5.16. The molecule has 170 valence electrons. The second-order valence-electron chi connectivity index (χ2n) is 9.66. The minimum Gasteiger partial charge on any atom is -0.478 e. The van der Waals surface area contributed by atoms with E-state index in [1.807, 2.05) is 23.0 Å². The number of carbonyl (C=O) groups is 1. The Kier molecular flexibility index (Phi) is 6.57. The van der Waals surface area contributed by atoms with Gasteiger partial charge in [0.25, 0.3) is 0 Å². The Morgan fingerprint density at radius 2 is 2.06 bits per heavy atom. The second-order valence-corrected chi connectivity index (χ2v) is 15.3. The predicted octanol–water partition coefficient (Wildman–Crippen LogP) is 4.72. The largest absolute Gasteiger partial charge is 0.478 e. The molecule has 1 fully saturated rings. The summed E-state index contributed by atoms with van der Waals surface area (Å²) in [4.78, 5) is 20.4. The number of hydrogen-bond donors (Lipinski definition) is 1. The van der Waals surface area contributed by atoms with Gasteiger partial charge in [-0.15, -0.1) is 0 Å². The summed E-state index contributed by atoms with van der Waals surface area (Å²) >= 11 is 0. The van der Waals surface area contributed by atoms with E-state index in [2.05, 4.69) is 34.7 Å². The zero-order valence-electron chi connectivity index (χ0n) is 19.0. The molecule has 0 spiro atoms. The molecule has 1 aliphatic carbocycles. The number of rotatable bonds is 9. The maximum atomic E-state index is 11.4. The predicted molar refractivity (Wildman–Crippen MR) is 127 cm³/mol. The van der Waals surface area contributed by atoms with Crippen LogP contribution in [0.1, 0.15) is 25.7 Å². The normalized spacial score (nSPS) is 15.7. The average Bonchev–Trinajstić information content (AvgIpc) is 3.49. The van der Waals surface area contributed by atoms with Gasteiger partial charge in [-0.05, 0) is 25.0 Å². The Morgan fingerprint density at radius 1 is 1.28 bits per heavy atom. The van der Waals surface area contributed by atoms with Gasteiger partial charge in [-0.25, -0.2) is 19.4 Å². The molecule has 0 aromatic carbocycles. The first-order chi connectivity index (χ1) is 15.3. The molecule has 4 rings (SSSR count). The zero-order valence-corrected chi connectivity index (χ0v) is 20.0. The number of allylic oxidation sites excluding steroid dienone is 1. The summed E-state index contributed by atoms with van der Waals surface area (Å²) in [5.74, 6) is -0.724. The lowest BCUT2D eigenvalue weighted by Gasteiger charge is -2.15. The number of nitrogens with zero attached hydrogens (tertiary/aromatic N) is 5. The van der Waals surface area contributed by atoms with Gasteiger partial charge in [-0.3, -0.25) is 0 Å². The number of ether oxygens (including phenoxy) is 1. The average molecular weight is 454 g/mol. The van der Waals surface area contributed by atoms with Crippen LogP contribution in [0.3, 0.4) is 0 Å². The fourth-order valence-electron chi connectivity index (χ4n) is 4.18. The van der Waals surface area contributed by atoms with Crippen molar-refractivity contribution in [1.29, 1.82) is 0 Å². The van der Waals surface area contributed by atoms with Crippen LogP contribution in [0.5, 0.6) is 0 Å². The molecule has 8 nitrogen and oxygen atoms in total. The molecular weight excluding hydrogens is 422 g/mol. The van der Waals surface area contributed by atoms with Gasteiger partial charge >= 0.3 is 5.97 Å². The molecule has 0 radical (unpaired) electrons. The van der Waals surface area contributed by atoms with Crippen LogP contribution in [-0.2, 0) is 16.3 Å². The van der Waals surface area contributed by atoms with Gasteiger partial charge in [-0.1, -0.05) is 32.5 Å². The molecule has 3 heterocycles. The summed E-state index contributed by atoms with van der Waals surface area (Å²) in [6.45, 7) is 8.22. The number of carboxylic acid groups (broad SMARTS) is 1. The molecule has 0 aliphatic heterocycles. The van der Waals surface area contributed by atoms with E-state index < -0.39 is 14.0 Å². The Balaban J connectivity index is 1.57. The lowest BCUT2D eigenvalue weighted by molar-refractivity contribution is -0.131. The van der Waals surface area contributed by atoms with E-state index >= 15 is 0 Å². The highest BCUT2D eigenvalue weighted by molar-refractivity contribution is 6.76. The summed E-state index contributed by atoms with van der Waals surface area (Å²) in [5, 5.41) is 14.8. The first-order valence-corrected chi connectivity index (χ1v) is 14.9. The number of fused-ring (bicyclic) bond motifs is 1. The number of aromatic nitrogens is 5. The van der Waals surface area contributed by atoms with Gasteiger partial charge in [0.15, 0.2) is 0 Å². The third-order valence-electron chi connectivity index (χ3n) is 5.95. The van der Waals surface area contributed by atoms with E-state index in [9.17, 15) is 9.90 Å². The van der Waals surface area contributed by atoms with E-state index in [0.717, 1.165) is 66.3 Å². The molecule has 0 unspecified atom stereocenters. The fourth-order valence-corrected chi connectivity index (χ4v) is 4.94. The first kappa shape index (κ1) is 22.4.